The smallest absolute Gasteiger partial charge is 0.230 e. The fourth-order valence-corrected chi connectivity index (χ4v) is 2.16. The van der Waals surface area contributed by atoms with E-state index in [9.17, 15) is 5.21 Å². The Balaban J connectivity index is 1.88. The van der Waals surface area contributed by atoms with Crippen LogP contribution < -0.4 is 15.0 Å². The second kappa shape index (κ2) is 7.11. The Hall–Kier alpha value is -2.60. The molecular weight excluding hydrogens is 294 g/mol. The standard InChI is InChI=1S/C17H19N3O3/c1-22-14-6-2-3-7-15(14)23-17-13(5-4-10-18-17)16(20-21)19-11-12-8-9-12/h2-7,10,12,21H,8-9,11H2,1H3,(H,19,20). The van der Waals surface area contributed by atoms with Crippen molar-refractivity contribution >= 4 is 5.84 Å². The molecule has 0 unspecified atom stereocenters. The van der Waals surface area contributed by atoms with E-state index >= 15 is 0 Å². The molecule has 1 aliphatic carbocycles. The molecule has 1 heterocycles. The molecule has 3 rings (SSSR count). The predicted octanol–water partition coefficient (Wildman–Crippen LogP) is 3.02. The number of benzene rings is 1. The molecule has 0 saturated heterocycles. The molecule has 1 aliphatic rings. The number of pyridine rings is 1. The Bertz CT molecular complexity index is 699. The number of nitrogens with one attached hydrogen (secondary N) is 1. The summed E-state index contributed by atoms with van der Waals surface area (Å²) < 4.78 is 11.2. The fraction of sp³-hybridized carbons (Fsp3) is 0.294. The summed E-state index contributed by atoms with van der Waals surface area (Å²) in [6.45, 7) is 0.686. The van der Waals surface area contributed by atoms with Crippen LogP contribution in [0.2, 0.25) is 0 Å². The zero-order valence-corrected chi connectivity index (χ0v) is 12.9. The molecule has 1 fully saturated rings. The highest BCUT2D eigenvalue weighted by Gasteiger charge is 2.21. The van der Waals surface area contributed by atoms with Crippen LogP contribution in [0.15, 0.2) is 47.6 Å². The Morgan fingerprint density at radius 2 is 2.04 bits per heavy atom. The van der Waals surface area contributed by atoms with E-state index in [0.717, 1.165) is 0 Å². The topological polar surface area (TPSA) is 76.0 Å². The first-order valence-electron chi connectivity index (χ1n) is 7.52. The van der Waals surface area contributed by atoms with Crippen molar-refractivity contribution in [1.82, 2.24) is 10.5 Å². The van der Waals surface area contributed by atoms with Gasteiger partial charge >= 0.3 is 0 Å². The van der Waals surface area contributed by atoms with Crippen molar-refractivity contribution in [3.63, 3.8) is 0 Å². The van der Waals surface area contributed by atoms with Gasteiger partial charge in [0.2, 0.25) is 5.88 Å². The molecular formula is C17H19N3O3. The molecule has 0 aliphatic heterocycles. The van der Waals surface area contributed by atoms with Crippen LogP contribution in [0.1, 0.15) is 18.4 Å². The maximum absolute atomic E-state index is 9.42. The van der Waals surface area contributed by atoms with Crippen LogP contribution in [0, 0.1) is 5.92 Å². The number of para-hydroxylation sites is 2. The SMILES string of the molecule is COc1ccccc1Oc1ncccc1C(=NCC1CC1)NO. The first-order valence-corrected chi connectivity index (χ1v) is 7.52. The highest BCUT2D eigenvalue weighted by atomic mass is 16.5. The van der Waals surface area contributed by atoms with Crippen LogP contribution in [-0.4, -0.2) is 29.7 Å². The summed E-state index contributed by atoms with van der Waals surface area (Å²) in [6, 6.07) is 10.9. The average molecular weight is 313 g/mol. The van der Waals surface area contributed by atoms with Crippen LogP contribution >= 0.6 is 0 Å². The molecule has 1 saturated carbocycles. The summed E-state index contributed by atoms with van der Waals surface area (Å²) in [5, 5.41) is 9.42. The quantitative estimate of drug-likeness (QED) is 0.487. The number of nitrogens with zero attached hydrogens (tertiary/aromatic N) is 2. The van der Waals surface area contributed by atoms with Crippen molar-refractivity contribution in [3.8, 4) is 17.4 Å². The van der Waals surface area contributed by atoms with Gasteiger partial charge in [-0.2, -0.15) is 0 Å². The van der Waals surface area contributed by atoms with Gasteiger partial charge in [-0.1, -0.05) is 12.1 Å². The van der Waals surface area contributed by atoms with E-state index in [-0.39, 0.29) is 0 Å². The van der Waals surface area contributed by atoms with Crippen molar-refractivity contribution in [2.75, 3.05) is 13.7 Å². The number of hydrogen-bond acceptors (Lipinski definition) is 5. The lowest BCUT2D eigenvalue weighted by atomic mass is 10.2. The molecule has 23 heavy (non-hydrogen) atoms. The molecule has 0 spiro atoms. The van der Waals surface area contributed by atoms with Crippen molar-refractivity contribution in [3.05, 3.63) is 48.2 Å². The van der Waals surface area contributed by atoms with Crippen molar-refractivity contribution in [2.45, 2.75) is 12.8 Å². The Morgan fingerprint density at radius 3 is 2.74 bits per heavy atom. The number of ether oxygens (including phenoxy) is 2. The molecule has 1 aromatic carbocycles. The number of hydrogen-bond donors (Lipinski definition) is 2. The zero-order chi connectivity index (χ0) is 16.1. The summed E-state index contributed by atoms with van der Waals surface area (Å²) in [6.07, 6.45) is 4.02. The van der Waals surface area contributed by atoms with Gasteiger partial charge in [0.05, 0.1) is 12.7 Å². The van der Waals surface area contributed by atoms with Crippen LogP contribution in [-0.2, 0) is 0 Å². The van der Waals surface area contributed by atoms with Crippen molar-refractivity contribution in [2.24, 2.45) is 10.9 Å². The monoisotopic (exact) mass is 313 g/mol. The number of aromatic nitrogens is 1. The first kappa shape index (κ1) is 15.3. The van der Waals surface area contributed by atoms with Gasteiger partial charge in [0.1, 0.15) is 0 Å². The third kappa shape index (κ3) is 3.78. The van der Waals surface area contributed by atoms with Gasteiger partial charge in [-0.25, -0.2) is 4.98 Å². The van der Waals surface area contributed by atoms with Crippen LogP contribution in [0.4, 0.5) is 0 Å². The molecule has 120 valence electrons. The van der Waals surface area contributed by atoms with Gasteiger partial charge in [0.15, 0.2) is 17.3 Å². The van der Waals surface area contributed by atoms with Crippen molar-refractivity contribution < 1.29 is 14.7 Å². The minimum Gasteiger partial charge on any atom is -0.493 e. The maximum atomic E-state index is 9.42. The highest BCUT2D eigenvalue weighted by molar-refractivity contribution is 6.00. The Morgan fingerprint density at radius 1 is 1.26 bits per heavy atom. The summed E-state index contributed by atoms with van der Waals surface area (Å²) in [5.41, 5.74) is 2.75. The molecule has 6 heteroatoms. The molecule has 0 radical (unpaired) electrons. The van der Waals surface area contributed by atoms with E-state index in [0.29, 0.717) is 41.2 Å². The van der Waals surface area contributed by atoms with Gasteiger partial charge in [-0.15, -0.1) is 0 Å². The largest absolute Gasteiger partial charge is 0.493 e. The molecule has 6 nitrogen and oxygen atoms in total. The van der Waals surface area contributed by atoms with Gasteiger partial charge in [0.25, 0.3) is 0 Å². The number of amidine groups is 1. The van der Waals surface area contributed by atoms with Crippen LogP contribution in [0.3, 0.4) is 0 Å². The molecule has 0 amide bonds. The number of hydroxylamine groups is 1. The normalized spacial score (nSPS) is 14.4. The third-order valence-corrected chi connectivity index (χ3v) is 3.61. The van der Waals surface area contributed by atoms with E-state index in [1.165, 1.54) is 12.8 Å². The molecule has 2 aromatic rings. The summed E-state index contributed by atoms with van der Waals surface area (Å²) >= 11 is 0. The fourth-order valence-electron chi connectivity index (χ4n) is 2.16. The second-order valence-corrected chi connectivity index (χ2v) is 5.35. The van der Waals surface area contributed by atoms with Crippen LogP contribution in [0.25, 0.3) is 0 Å². The van der Waals surface area contributed by atoms with Crippen LogP contribution in [0.5, 0.6) is 17.4 Å². The lowest BCUT2D eigenvalue weighted by Crippen LogP contribution is -2.22. The van der Waals surface area contributed by atoms with E-state index in [4.69, 9.17) is 9.47 Å². The van der Waals surface area contributed by atoms with Gasteiger partial charge in [-0.05, 0) is 43.0 Å². The van der Waals surface area contributed by atoms with E-state index in [1.807, 2.05) is 18.2 Å². The maximum Gasteiger partial charge on any atom is 0.230 e. The third-order valence-electron chi connectivity index (χ3n) is 3.61. The minimum atomic E-state index is 0.355. The first-order chi connectivity index (χ1) is 11.3. The average Bonchev–Trinajstić information content (AvgIpc) is 3.41. The van der Waals surface area contributed by atoms with E-state index in [1.54, 1.807) is 31.5 Å². The number of aliphatic imine (C=N–C) groups is 1. The summed E-state index contributed by atoms with van der Waals surface area (Å²) in [5.74, 6) is 2.49. The molecule has 0 bridgehead atoms. The summed E-state index contributed by atoms with van der Waals surface area (Å²) in [7, 11) is 1.58. The van der Waals surface area contributed by atoms with Gasteiger partial charge in [-0.3, -0.25) is 15.7 Å². The zero-order valence-electron chi connectivity index (χ0n) is 12.9. The molecule has 0 atom stereocenters. The predicted molar refractivity (Wildman–Crippen MR) is 86.4 cm³/mol. The second-order valence-electron chi connectivity index (χ2n) is 5.35. The summed E-state index contributed by atoms with van der Waals surface area (Å²) in [4.78, 5) is 8.67. The lowest BCUT2D eigenvalue weighted by molar-refractivity contribution is 0.234. The Kier molecular flexibility index (Phi) is 4.73. The lowest BCUT2D eigenvalue weighted by Gasteiger charge is -2.13. The van der Waals surface area contributed by atoms with E-state index < -0.39 is 0 Å². The van der Waals surface area contributed by atoms with Gasteiger partial charge in [0, 0.05) is 12.7 Å². The van der Waals surface area contributed by atoms with E-state index in [2.05, 4.69) is 15.5 Å². The molecule has 2 N–H and O–H groups in total. The highest BCUT2D eigenvalue weighted by Crippen LogP contribution is 2.32. The van der Waals surface area contributed by atoms with Crippen molar-refractivity contribution in [1.29, 1.82) is 0 Å². The number of rotatable bonds is 6. The molecule has 1 aromatic heterocycles. The minimum absolute atomic E-state index is 0.355. The van der Waals surface area contributed by atoms with Gasteiger partial charge < -0.3 is 9.47 Å². The number of methoxy groups -OCH3 is 1. The Labute approximate surface area is 134 Å².